The van der Waals surface area contributed by atoms with Crippen LogP contribution >= 0.6 is 0 Å². The average molecular weight is 373 g/mol. The number of morpholine rings is 1. The molecule has 0 spiro atoms. The monoisotopic (exact) mass is 373 g/mol. The van der Waals surface area contributed by atoms with E-state index in [1.807, 2.05) is 11.8 Å². The molecule has 0 atom stereocenters. The number of pyridine rings is 1. The smallest absolute Gasteiger partial charge is 0.361 e. The second-order valence-corrected chi connectivity index (χ2v) is 5.77. The van der Waals surface area contributed by atoms with Gasteiger partial charge >= 0.3 is 5.97 Å². The van der Waals surface area contributed by atoms with E-state index in [1.165, 1.54) is 0 Å². The first-order chi connectivity index (χ1) is 13.1. The number of nitrogen functional groups attached to an aromatic ring is 1. The van der Waals surface area contributed by atoms with E-state index in [4.69, 9.17) is 19.9 Å². The maximum atomic E-state index is 12.5. The van der Waals surface area contributed by atoms with Crippen molar-refractivity contribution in [3.05, 3.63) is 24.0 Å². The van der Waals surface area contributed by atoms with Crippen molar-refractivity contribution in [2.24, 2.45) is 0 Å². The van der Waals surface area contributed by atoms with Crippen LogP contribution in [-0.2, 0) is 9.47 Å². The Hall–Kier alpha value is -2.94. The first-order valence-electron chi connectivity index (χ1n) is 8.90. The number of nitrogens with zero attached hydrogens (tertiary/aromatic N) is 4. The van der Waals surface area contributed by atoms with Crippen molar-refractivity contribution < 1.29 is 19.0 Å². The summed E-state index contributed by atoms with van der Waals surface area (Å²) >= 11 is 0. The number of carbonyl (C=O) groups is 1. The Kier molecular flexibility index (Phi) is 6.02. The van der Waals surface area contributed by atoms with Crippen LogP contribution in [0.15, 0.2) is 18.3 Å². The largest absolute Gasteiger partial charge is 0.488 e. The molecule has 2 aromatic rings. The number of nitrogens with two attached hydrogens (primary N) is 1. The van der Waals surface area contributed by atoms with Gasteiger partial charge in [-0.2, -0.15) is 0 Å². The summed E-state index contributed by atoms with van der Waals surface area (Å²) in [4.78, 5) is 27.7. The molecule has 0 radical (unpaired) electrons. The van der Waals surface area contributed by atoms with E-state index in [1.54, 1.807) is 25.3 Å². The molecule has 3 heterocycles. The van der Waals surface area contributed by atoms with Gasteiger partial charge in [-0.1, -0.05) is 0 Å². The summed E-state index contributed by atoms with van der Waals surface area (Å²) in [6, 6.07) is 3.42. The molecule has 9 nitrogen and oxygen atoms in total. The molecule has 2 aromatic heterocycles. The minimum Gasteiger partial charge on any atom is -0.488 e. The Morgan fingerprint density at radius 1 is 1.22 bits per heavy atom. The SMILES string of the molecule is CCOC(=O)c1nc(-c2ccc(N)nc2)nc(N2CCOCC2)c1OCC. The van der Waals surface area contributed by atoms with Crippen LogP contribution in [0, 0.1) is 0 Å². The highest BCUT2D eigenvalue weighted by Gasteiger charge is 2.27. The zero-order valence-electron chi connectivity index (χ0n) is 15.5. The third-order valence-electron chi connectivity index (χ3n) is 3.96. The van der Waals surface area contributed by atoms with Crippen molar-refractivity contribution in [3.8, 4) is 17.1 Å². The Morgan fingerprint density at radius 2 is 2.00 bits per heavy atom. The van der Waals surface area contributed by atoms with Crippen LogP contribution in [0.2, 0.25) is 0 Å². The number of aromatic nitrogens is 3. The highest BCUT2D eigenvalue weighted by molar-refractivity contribution is 5.93. The quantitative estimate of drug-likeness (QED) is 0.753. The number of esters is 1. The maximum Gasteiger partial charge on any atom is 0.361 e. The van der Waals surface area contributed by atoms with Crippen LogP contribution in [0.5, 0.6) is 5.75 Å². The van der Waals surface area contributed by atoms with Crippen LogP contribution in [-0.4, -0.2) is 60.4 Å². The molecule has 0 unspecified atom stereocenters. The van der Waals surface area contributed by atoms with Crippen molar-refractivity contribution in [2.75, 3.05) is 50.2 Å². The summed E-state index contributed by atoms with van der Waals surface area (Å²) in [5, 5.41) is 0. The topological polar surface area (TPSA) is 113 Å². The van der Waals surface area contributed by atoms with Crippen molar-refractivity contribution in [3.63, 3.8) is 0 Å². The minimum atomic E-state index is -0.553. The Bertz CT molecular complexity index is 791. The van der Waals surface area contributed by atoms with E-state index in [-0.39, 0.29) is 12.3 Å². The normalized spacial score (nSPS) is 14.1. The lowest BCUT2D eigenvalue weighted by Gasteiger charge is -2.29. The van der Waals surface area contributed by atoms with E-state index in [2.05, 4.69) is 15.0 Å². The third-order valence-corrected chi connectivity index (χ3v) is 3.96. The summed E-state index contributed by atoms with van der Waals surface area (Å²) in [5.74, 6) is 1.07. The lowest BCUT2D eigenvalue weighted by molar-refractivity contribution is 0.0514. The standard InChI is InChI=1S/C18H23N5O4/c1-3-26-15-14(18(24)27-4-2)21-16(12-5-6-13(19)20-11-12)22-17(15)23-7-9-25-10-8-23/h5-6,11H,3-4,7-10H2,1-2H3,(H2,19,20). The molecule has 0 bridgehead atoms. The lowest BCUT2D eigenvalue weighted by atomic mass is 10.2. The summed E-state index contributed by atoms with van der Waals surface area (Å²) in [6.45, 7) is 6.61. The molecule has 0 amide bonds. The van der Waals surface area contributed by atoms with Crippen LogP contribution < -0.4 is 15.4 Å². The van der Waals surface area contributed by atoms with Crippen LogP contribution in [0.1, 0.15) is 24.3 Å². The van der Waals surface area contributed by atoms with Gasteiger partial charge in [0.25, 0.3) is 0 Å². The Balaban J connectivity index is 2.15. The number of ether oxygens (including phenoxy) is 3. The van der Waals surface area contributed by atoms with Gasteiger partial charge in [0.2, 0.25) is 0 Å². The molecule has 1 aliphatic rings. The molecule has 1 aliphatic heterocycles. The van der Waals surface area contributed by atoms with E-state index in [0.717, 1.165) is 0 Å². The fourth-order valence-corrected chi connectivity index (χ4v) is 2.71. The van der Waals surface area contributed by atoms with E-state index < -0.39 is 5.97 Å². The summed E-state index contributed by atoms with van der Waals surface area (Å²) in [7, 11) is 0. The maximum absolute atomic E-state index is 12.5. The molecule has 9 heteroatoms. The van der Waals surface area contributed by atoms with Gasteiger partial charge in [-0.25, -0.2) is 19.7 Å². The van der Waals surface area contributed by atoms with E-state index >= 15 is 0 Å². The average Bonchev–Trinajstić information content (AvgIpc) is 2.69. The highest BCUT2D eigenvalue weighted by atomic mass is 16.5. The van der Waals surface area contributed by atoms with Crippen molar-refractivity contribution >= 4 is 17.6 Å². The van der Waals surface area contributed by atoms with Crippen molar-refractivity contribution in [1.29, 1.82) is 0 Å². The molecule has 27 heavy (non-hydrogen) atoms. The number of hydrogen-bond acceptors (Lipinski definition) is 9. The predicted molar refractivity (Wildman–Crippen MR) is 99.8 cm³/mol. The summed E-state index contributed by atoms with van der Waals surface area (Å²) in [5.41, 5.74) is 6.41. The number of hydrogen-bond donors (Lipinski definition) is 1. The fourth-order valence-electron chi connectivity index (χ4n) is 2.71. The number of rotatable bonds is 6. The minimum absolute atomic E-state index is 0.0991. The van der Waals surface area contributed by atoms with Crippen LogP contribution in [0.25, 0.3) is 11.4 Å². The van der Waals surface area contributed by atoms with Crippen molar-refractivity contribution in [1.82, 2.24) is 15.0 Å². The molecular weight excluding hydrogens is 350 g/mol. The molecule has 0 aliphatic carbocycles. The lowest BCUT2D eigenvalue weighted by Crippen LogP contribution is -2.37. The Morgan fingerprint density at radius 3 is 2.63 bits per heavy atom. The fraction of sp³-hybridized carbons (Fsp3) is 0.444. The molecule has 1 fully saturated rings. The van der Waals surface area contributed by atoms with Gasteiger partial charge in [0.1, 0.15) is 5.82 Å². The predicted octanol–water partition coefficient (Wildman–Crippen LogP) is 1.53. The Labute approximate surface area is 157 Å². The van der Waals surface area contributed by atoms with Gasteiger partial charge in [0, 0.05) is 24.8 Å². The van der Waals surface area contributed by atoms with Gasteiger partial charge in [-0.15, -0.1) is 0 Å². The molecule has 144 valence electrons. The third kappa shape index (κ3) is 4.25. The van der Waals surface area contributed by atoms with E-state index in [0.29, 0.717) is 61.7 Å². The molecular formula is C18H23N5O4. The molecule has 1 saturated heterocycles. The molecule has 0 aromatic carbocycles. The number of carbonyl (C=O) groups excluding carboxylic acids is 1. The van der Waals surface area contributed by atoms with Gasteiger partial charge < -0.3 is 24.8 Å². The molecule has 0 saturated carbocycles. The van der Waals surface area contributed by atoms with Gasteiger partial charge in [-0.05, 0) is 26.0 Å². The summed E-state index contributed by atoms with van der Waals surface area (Å²) < 4.78 is 16.4. The van der Waals surface area contributed by atoms with E-state index in [9.17, 15) is 4.79 Å². The zero-order valence-corrected chi connectivity index (χ0v) is 15.5. The van der Waals surface area contributed by atoms with Gasteiger partial charge in [-0.3, -0.25) is 0 Å². The van der Waals surface area contributed by atoms with Crippen molar-refractivity contribution in [2.45, 2.75) is 13.8 Å². The van der Waals surface area contributed by atoms with Gasteiger partial charge in [0.15, 0.2) is 23.1 Å². The molecule has 3 rings (SSSR count). The first kappa shape index (κ1) is 18.8. The summed E-state index contributed by atoms with van der Waals surface area (Å²) in [6.07, 6.45) is 1.57. The van der Waals surface area contributed by atoms with Crippen LogP contribution in [0.3, 0.4) is 0 Å². The van der Waals surface area contributed by atoms with Crippen LogP contribution in [0.4, 0.5) is 11.6 Å². The number of anilines is 2. The second kappa shape index (κ2) is 8.63. The molecule has 2 N–H and O–H groups in total. The second-order valence-electron chi connectivity index (χ2n) is 5.77. The first-order valence-corrected chi connectivity index (χ1v) is 8.90. The zero-order chi connectivity index (χ0) is 19.2. The highest BCUT2D eigenvalue weighted by Crippen LogP contribution is 2.33. The van der Waals surface area contributed by atoms with Gasteiger partial charge in [0.05, 0.1) is 26.4 Å².